The highest BCUT2D eigenvalue weighted by Gasteiger charge is 2.03. The van der Waals surface area contributed by atoms with Crippen LogP contribution in [0.5, 0.6) is 0 Å². The van der Waals surface area contributed by atoms with E-state index in [0.29, 0.717) is 6.17 Å². The zero-order valence-corrected chi connectivity index (χ0v) is 5.55. The fourth-order valence-corrected chi connectivity index (χ4v) is 0.849. The van der Waals surface area contributed by atoms with E-state index in [4.69, 9.17) is 9.59 Å². The molecule has 0 bridgehead atoms. The zero-order valence-electron chi connectivity index (χ0n) is 4.55. The first-order valence-corrected chi connectivity index (χ1v) is 3.61. The zero-order chi connectivity index (χ0) is 5.86. The molecule has 0 saturated heterocycles. The highest BCUT2D eigenvalue weighted by Crippen LogP contribution is 1.72. The van der Waals surface area contributed by atoms with Gasteiger partial charge in [0, 0.05) is 6.17 Å². The van der Waals surface area contributed by atoms with Gasteiger partial charge in [-0.2, -0.15) is 0 Å². The molecule has 0 heterocycles. The second-order valence-electron chi connectivity index (χ2n) is 1.65. The van der Waals surface area contributed by atoms with Crippen LogP contribution in [0.25, 0.3) is 0 Å². The Balaban J connectivity index is 2.95. The molecule has 3 nitrogen and oxygen atoms in total. The van der Waals surface area contributed by atoms with Gasteiger partial charge in [-0.3, -0.25) is 0 Å². The molecule has 43 valence electrons. The Morgan fingerprint density at radius 1 is 1.43 bits per heavy atom. The summed E-state index contributed by atoms with van der Waals surface area (Å²) in [7, 11) is 1.60. The molecule has 7 heavy (non-hydrogen) atoms. The first-order chi connectivity index (χ1) is 3.13. The van der Waals surface area contributed by atoms with Crippen LogP contribution >= 0.6 is 0 Å². The highest BCUT2D eigenvalue weighted by molar-refractivity contribution is 6.41. The van der Waals surface area contributed by atoms with Crippen LogP contribution in [0.4, 0.5) is 0 Å². The van der Waals surface area contributed by atoms with Gasteiger partial charge in [0.05, 0.1) is 0 Å². The van der Waals surface area contributed by atoms with Gasteiger partial charge >= 0.3 is 9.28 Å². The van der Waals surface area contributed by atoms with Crippen molar-refractivity contribution >= 4 is 9.28 Å². The molecule has 0 aliphatic heterocycles. The highest BCUT2D eigenvalue weighted by atomic mass is 28.3. The van der Waals surface area contributed by atoms with Crippen LogP contribution in [-0.2, 0) is 0 Å². The minimum absolute atomic E-state index is 0.407. The minimum Gasteiger partial charge on any atom is -0.409 e. The Bertz CT molecular complexity index is 42.2. The van der Waals surface area contributed by atoms with E-state index in [1.54, 1.807) is 19.0 Å². The van der Waals surface area contributed by atoms with Gasteiger partial charge in [-0.1, -0.05) is 0 Å². The van der Waals surface area contributed by atoms with Crippen molar-refractivity contribution in [3.05, 3.63) is 0 Å². The first kappa shape index (κ1) is 7.10. The molecule has 1 radical (unpaired) electrons. The van der Waals surface area contributed by atoms with E-state index in [1.807, 2.05) is 0 Å². The average Bonchev–Trinajstić information content (AvgIpc) is 1.27. The van der Waals surface area contributed by atoms with Crippen LogP contribution in [0.2, 0.25) is 0 Å². The SMILES string of the molecule is CN(C)C[Si](O)O. The molecule has 4 heteroatoms. The summed E-state index contributed by atoms with van der Waals surface area (Å²) in [5, 5.41) is 0. The standard InChI is InChI=1S/C3H10NO2Si/c1-4(2)3-7(5)6/h5-6H,3H2,1-2H3. The first-order valence-electron chi connectivity index (χ1n) is 2.01. The second kappa shape index (κ2) is 3.14. The van der Waals surface area contributed by atoms with Crippen LogP contribution in [0.15, 0.2) is 0 Å². The fourth-order valence-electron chi connectivity index (χ4n) is 0.283. The molecule has 0 aromatic heterocycles. The van der Waals surface area contributed by atoms with E-state index in [0.717, 1.165) is 0 Å². The molecule has 0 amide bonds. The molecule has 0 rings (SSSR count). The summed E-state index contributed by atoms with van der Waals surface area (Å²) < 4.78 is 0. The van der Waals surface area contributed by atoms with Crippen molar-refractivity contribution < 1.29 is 9.59 Å². The lowest BCUT2D eigenvalue weighted by Crippen LogP contribution is -2.29. The van der Waals surface area contributed by atoms with Crippen LogP contribution in [-0.4, -0.2) is 44.0 Å². The molecule has 0 saturated carbocycles. The summed E-state index contributed by atoms with van der Waals surface area (Å²) in [6, 6.07) is 0. The van der Waals surface area contributed by atoms with Crippen LogP contribution < -0.4 is 0 Å². The Hall–Kier alpha value is 0.0969. The molecule has 0 spiro atoms. The average molecular weight is 120 g/mol. The molecule has 0 atom stereocenters. The molecular weight excluding hydrogens is 110 g/mol. The summed E-state index contributed by atoms with van der Waals surface area (Å²) in [6.45, 7) is 0. The molecule has 0 fully saturated rings. The van der Waals surface area contributed by atoms with Gasteiger partial charge in [0.2, 0.25) is 0 Å². The van der Waals surface area contributed by atoms with Crippen LogP contribution in [0.1, 0.15) is 0 Å². The molecule has 0 aromatic rings. The van der Waals surface area contributed by atoms with E-state index in [9.17, 15) is 0 Å². The summed E-state index contributed by atoms with van der Waals surface area (Å²) in [5.41, 5.74) is 0. The molecule has 0 unspecified atom stereocenters. The van der Waals surface area contributed by atoms with Crippen LogP contribution in [0, 0.1) is 0 Å². The van der Waals surface area contributed by atoms with Crippen molar-refractivity contribution in [3.63, 3.8) is 0 Å². The van der Waals surface area contributed by atoms with Gasteiger partial charge in [-0.25, -0.2) is 0 Å². The monoisotopic (exact) mass is 120 g/mol. The van der Waals surface area contributed by atoms with Crippen LogP contribution in [0.3, 0.4) is 0 Å². The van der Waals surface area contributed by atoms with Crippen molar-refractivity contribution in [2.45, 2.75) is 0 Å². The maximum Gasteiger partial charge on any atom is 0.394 e. The van der Waals surface area contributed by atoms with Crippen molar-refractivity contribution in [2.24, 2.45) is 0 Å². The van der Waals surface area contributed by atoms with Gasteiger partial charge in [0.25, 0.3) is 0 Å². The summed E-state index contributed by atoms with van der Waals surface area (Å²) in [6.07, 6.45) is 0.407. The lowest BCUT2D eigenvalue weighted by Gasteiger charge is -2.06. The van der Waals surface area contributed by atoms with E-state index >= 15 is 0 Å². The summed E-state index contributed by atoms with van der Waals surface area (Å²) >= 11 is 0. The Morgan fingerprint density at radius 2 is 1.86 bits per heavy atom. The summed E-state index contributed by atoms with van der Waals surface area (Å²) in [5.74, 6) is 0. The maximum absolute atomic E-state index is 8.34. The normalized spacial score (nSPS) is 11.1. The summed E-state index contributed by atoms with van der Waals surface area (Å²) in [4.78, 5) is 18.4. The van der Waals surface area contributed by atoms with Gasteiger partial charge < -0.3 is 14.5 Å². The maximum atomic E-state index is 8.34. The number of rotatable bonds is 2. The third-order valence-corrected chi connectivity index (χ3v) is 1.37. The Morgan fingerprint density at radius 3 is 1.86 bits per heavy atom. The van der Waals surface area contributed by atoms with Crippen molar-refractivity contribution in [1.29, 1.82) is 0 Å². The largest absolute Gasteiger partial charge is 0.409 e. The number of nitrogens with zero attached hydrogens (tertiary/aromatic N) is 1. The van der Waals surface area contributed by atoms with Gasteiger partial charge in [0.1, 0.15) is 0 Å². The smallest absolute Gasteiger partial charge is 0.394 e. The van der Waals surface area contributed by atoms with E-state index in [-0.39, 0.29) is 0 Å². The van der Waals surface area contributed by atoms with Gasteiger partial charge in [-0.15, -0.1) is 0 Å². The van der Waals surface area contributed by atoms with Crippen molar-refractivity contribution in [3.8, 4) is 0 Å². The molecule has 0 aliphatic carbocycles. The Labute approximate surface area is 45.0 Å². The fraction of sp³-hybridized carbons (Fsp3) is 1.00. The third-order valence-electron chi connectivity index (χ3n) is 0.458. The quantitative estimate of drug-likeness (QED) is 0.439. The van der Waals surface area contributed by atoms with Crippen molar-refractivity contribution in [1.82, 2.24) is 4.90 Å². The van der Waals surface area contributed by atoms with E-state index in [1.165, 1.54) is 0 Å². The molecule has 0 aliphatic rings. The molecule has 2 N–H and O–H groups in total. The second-order valence-corrected chi connectivity index (χ2v) is 2.80. The van der Waals surface area contributed by atoms with Gasteiger partial charge in [-0.05, 0) is 14.1 Å². The van der Waals surface area contributed by atoms with Crippen molar-refractivity contribution in [2.75, 3.05) is 20.3 Å². The van der Waals surface area contributed by atoms with E-state index in [2.05, 4.69) is 0 Å². The lowest BCUT2D eigenvalue weighted by molar-refractivity contribution is 0.354. The minimum atomic E-state index is -2.01. The Kier molecular flexibility index (Phi) is 3.19. The number of hydrogen-bond acceptors (Lipinski definition) is 3. The predicted molar refractivity (Wildman–Crippen MR) is 28.7 cm³/mol. The van der Waals surface area contributed by atoms with E-state index < -0.39 is 9.28 Å². The third kappa shape index (κ3) is 6.10. The lowest BCUT2D eigenvalue weighted by atomic mass is 11.0. The topological polar surface area (TPSA) is 43.7 Å². The predicted octanol–water partition coefficient (Wildman–Crippen LogP) is -1.44. The molecule has 0 aromatic carbocycles. The molecular formula is C3H10NO2Si. The number of hydrogen-bond donors (Lipinski definition) is 2. The van der Waals surface area contributed by atoms with Gasteiger partial charge in [0.15, 0.2) is 0 Å².